The lowest BCUT2D eigenvalue weighted by Crippen LogP contribution is -2.18. The summed E-state index contributed by atoms with van der Waals surface area (Å²) in [6, 6.07) is 4.63. The van der Waals surface area contributed by atoms with Crippen LogP contribution in [0.5, 0.6) is 0 Å². The van der Waals surface area contributed by atoms with E-state index in [4.69, 9.17) is 5.11 Å². The fourth-order valence-corrected chi connectivity index (χ4v) is 2.28. The minimum atomic E-state index is 0.211. The van der Waals surface area contributed by atoms with Crippen LogP contribution in [0.3, 0.4) is 0 Å². The van der Waals surface area contributed by atoms with Gasteiger partial charge in [-0.15, -0.1) is 0 Å². The van der Waals surface area contributed by atoms with Crippen molar-refractivity contribution in [2.75, 3.05) is 13.2 Å². The number of aliphatic hydroxyl groups is 1. The molecule has 19 heavy (non-hydrogen) atoms. The average molecular weight is 263 g/mol. The second-order valence-corrected chi connectivity index (χ2v) is 6.45. The van der Waals surface area contributed by atoms with Crippen LogP contribution in [0.25, 0.3) is 0 Å². The number of hydrogen-bond donors (Lipinski definition) is 2. The molecule has 2 nitrogen and oxygen atoms in total. The number of aliphatic hydroxyl groups excluding tert-OH is 1. The van der Waals surface area contributed by atoms with Gasteiger partial charge in [0.15, 0.2) is 0 Å². The topological polar surface area (TPSA) is 32.3 Å². The first-order chi connectivity index (χ1) is 8.86. The molecule has 1 rings (SSSR count). The normalized spacial score (nSPS) is 11.9. The van der Waals surface area contributed by atoms with E-state index in [2.05, 4.69) is 52.1 Å². The largest absolute Gasteiger partial charge is 0.396 e. The molecule has 2 heteroatoms. The van der Waals surface area contributed by atoms with Crippen molar-refractivity contribution in [2.45, 2.75) is 59.4 Å². The third-order valence-corrected chi connectivity index (χ3v) is 3.63. The molecular weight excluding hydrogens is 234 g/mol. The Bertz CT molecular complexity index is 381. The molecule has 0 radical (unpaired) electrons. The molecule has 108 valence electrons. The highest BCUT2D eigenvalue weighted by atomic mass is 16.2. The van der Waals surface area contributed by atoms with E-state index < -0.39 is 0 Å². The predicted molar refractivity (Wildman–Crippen MR) is 82.6 cm³/mol. The van der Waals surface area contributed by atoms with Crippen molar-refractivity contribution in [3.63, 3.8) is 0 Å². The molecule has 0 saturated heterocycles. The predicted octanol–water partition coefficient (Wildman–Crippen LogP) is 3.46. The molecule has 0 heterocycles. The number of rotatable bonds is 6. The molecule has 0 aliphatic rings. The molecule has 0 saturated carbocycles. The maximum atomic E-state index is 8.75. The minimum Gasteiger partial charge on any atom is -0.396 e. The van der Waals surface area contributed by atoms with Crippen LogP contribution in [0.2, 0.25) is 0 Å². The lowest BCUT2D eigenvalue weighted by Gasteiger charge is -2.22. The Hall–Kier alpha value is -0.860. The summed E-state index contributed by atoms with van der Waals surface area (Å²) < 4.78 is 0. The molecule has 0 atom stereocenters. The third kappa shape index (κ3) is 4.96. The standard InChI is InChI=1S/C17H29NO/c1-13-10-15(17(3,4)5)11-14(2)16(13)12-18-8-6-7-9-19/h10-11,18-19H,6-9,12H2,1-5H3. The van der Waals surface area contributed by atoms with Crippen LogP contribution in [0.1, 0.15) is 55.9 Å². The van der Waals surface area contributed by atoms with Gasteiger partial charge in [0.2, 0.25) is 0 Å². The Labute approximate surface area is 118 Å². The second kappa shape index (κ2) is 7.06. The van der Waals surface area contributed by atoms with Crippen LogP contribution < -0.4 is 5.32 Å². The van der Waals surface area contributed by atoms with Crippen molar-refractivity contribution < 1.29 is 5.11 Å². The summed E-state index contributed by atoms with van der Waals surface area (Å²) in [5.74, 6) is 0. The summed E-state index contributed by atoms with van der Waals surface area (Å²) in [5.41, 5.74) is 5.78. The average Bonchev–Trinajstić information content (AvgIpc) is 2.30. The fraction of sp³-hybridized carbons (Fsp3) is 0.647. The molecule has 0 unspecified atom stereocenters. The molecule has 0 bridgehead atoms. The molecule has 2 N–H and O–H groups in total. The van der Waals surface area contributed by atoms with Gasteiger partial charge in [-0.25, -0.2) is 0 Å². The lowest BCUT2D eigenvalue weighted by molar-refractivity contribution is 0.283. The van der Waals surface area contributed by atoms with E-state index >= 15 is 0 Å². The summed E-state index contributed by atoms with van der Waals surface area (Å²) in [7, 11) is 0. The molecule has 0 fully saturated rings. The van der Waals surface area contributed by atoms with Crippen LogP contribution in [-0.2, 0) is 12.0 Å². The van der Waals surface area contributed by atoms with Gasteiger partial charge in [-0.3, -0.25) is 0 Å². The van der Waals surface area contributed by atoms with Gasteiger partial charge in [-0.05, 0) is 60.9 Å². The Morgan fingerprint density at radius 2 is 1.63 bits per heavy atom. The molecule has 1 aromatic carbocycles. The van der Waals surface area contributed by atoms with E-state index in [1.807, 2.05) is 0 Å². The van der Waals surface area contributed by atoms with Gasteiger partial charge < -0.3 is 10.4 Å². The lowest BCUT2D eigenvalue weighted by atomic mass is 9.84. The molecule has 0 aliphatic heterocycles. The smallest absolute Gasteiger partial charge is 0.0431 e. The zero-order chi connectivity index (χ0) is 14.5. The molecule has 0 aliphatic carbocycles. The summed E-state index contributed by atoms with van der Waals surface area (Å²) >= 11 is 0. The number of nitrogens with one attached hydrogen (secondary N) is 1. The second-order valence-electron chi connectivity index (χ2n) is 6.45. The van der Waals surface area contributed by atoms with E-state index in [0.29, 0.717) is 6.61 Å². The molecule has 1 aromatic rings. The SMILES string of the molecule is Cc1cc(C(C)(C)C)cc(C)c1CNCCCCO. The fourth-order valence-electron chi connectivity index (χ4n) is 2.28. The van der Waals surface area contributed by atoms with Crippen LogP contribution >= 0.6 is 0 Å². The van der Waals surface area contributed by atoms with Gasteiger partial charge in [0.1, 0.15) is 0 Å². The van der Waals surface area contributed by atoms with Crippen LogP contribution in [0.15, 0.2) is 12.1 Å². The van der Waals surface area contributed by atoms with Crippen molar-refractivity contribution in [3.8, 4) is 0 Å². The number of hydrogen-bond acceptors (Lipinski definition) is 2. The van der Waals surface area contributed by atoms with Crippen LogP contribution in [0, 0.1) is 13.8 Å². The van der Waals surface area contributed by atoms with Gasteiger partial charge in [-0.2, -0.15) is 0 Å². The number of aryl methyl sites for hydroxylation is 2. The van der Waals surface area contributed by atoms with Gasteiger partial charge in [0, 0.05) is 13.2 Å². The zero-order valence-electron chi connectivity index (χ0n) is 13.1. The number of unbranched alkanes of at least 4 members (excludes halogenated alkanes) is 1. The molecule has 0 spiro atoms. The van der Waals surface area contributed by atoms with Crippen molar-refractivity contribution in [2.24, 2.45) is 0 Å². The quantitative estimate of drug-likeness (QED) is 0.770. The van der Waals surface area contributed by atoms with Crippen LogP contribution in [-0.4, -0.2) is 18.3 Å². The van der Waals surface area contributed by atoms with E-state index in [1.54, 1.807) is 0 Å². The molecule has 0 aromatic heterocycles. The molecule has 0 amide bonds. The van der Waals surface area contributed by atoms with E-state index in [-0.39, 0.29) is 5.41 Å². The van der Waals surface area contributed by atoms with Crippen molar-refractivity contribution in [3.05, 3.63) is 34.4 Å². The Balaban J connectivity index is 2.70. The minimum absolute atomic E-state index is 0.211. The summed E-state index contributed by atoms with van der Waals surface area (Å²) in [4.78, 5) is 0. The van der Waals surface area contributed by atoms with Crippen molar-refractivity contribution in [1.29, 1.82) is 0 Å². The van der Waals surface area contributed by atoms with Crippen molar-refractivity contribution >= 4 is 0 Å². The Morgan fingerprint density at radius 1 is 1.05 bits per heavy atom. The van der Waals surface area contributed by atoms with Crippen LogP contribution in [0.4, 0.5) is 0 Å². The van der Waals surface area contributed by atoms with Gasteiger partial charge >= 0.3 is 0 Å². The van der Waals surface area contributed by atoms with Gasteiger partial charge in [-0.1, -0.05) is 32.9 Å². The maximum Gasteiger partial charge on any atom is 0.0431 e. The highest BCUT2D eigenvalue weighted by molar-refractivity contribution is 5.40. The highest BCUT2D eigenvalue weighted by Gasteiger charge is 2.15. The Morgan fingerprint density at radius 3 is 2.11 bits per heavy atom. The van der Waals surface area contributed by atoms with Crippen molar-refractivity contribution in [1.82, 2.24) is 5.32 Å². The monoisotopic (exact) mass is 263 g/mol. The first kappa shape index (κ1) is 16.2. The van der Waals surface area contributed by atoms with Gasteiger partial charge in [0.05, 0.1) is 0 Å². The van der Waals surface area contributed by atoms with E-state index in [9.17, 15) is 0 Å². The van der Waals surface area contributed by atoms with E-state index in [1.165, 1.54) is 22.3 Å². The summed E-state index contributed by atoms with van der Waals surface area (Å²) in [6.45, 7) is 13.4. The highest BCUT2D eigenvalue weighted by Crippen LogP contribution is 2.26. The third-order valence-electron chi connectivity index (χ3n) is 3.63. The van der Waals surface area contributed by atoms with Gasteiger partial charge in [0.25, 0.3) is 0 Å². The number of benzene rings is 1. The first-order valence-corrected chi connectivity index (χ1v) is 7.28. The Kier molecular flexibility index (Phi) is 6.02. The summed E-state index contributed by atoms with van der Waals surface area (Å²) in [6.07, 6.45) is 1.92. The van der Waals surface area contributed by atoms with E-state index in [0.717, 1.165) is 25.9 Å². The molecular formula is C17H29NO. The first-order valence-electron chi connectivity index (χ1n) is 7.28. The summed E-state index contributed by atoms with van der Waals surface area (Å²) in [5, 5.41) is 12.2. The zero-order valence-corrected chi connectivity index (χ0v) is 13.1. The maximum absolute atomic E-state index is 8.75.